The molecule has 4 atom stereocenters. The van der Waals surface area contributed by atoms with Crippen molar-refractivity contribution in [1.82, 2.24) is 42.8 Å². The van der Waals surface area contributed by atoms with Crippen LogP contribution in [0.4, 0.5) is 52.2 Å². The van der Waals surface area contributed by atoms with Gasteiger partial charge >= 0.3 is 0 Å². The number of aromatic amines is 3. The van der Waals surface area contributed by atoms with E-state index in [0.29, 0.717) is 5.52 Å². The lowest BCUT2D eigenvalue weighted by atomic mass is 10.1. The van der Waals surface area contributed by atoms with Crippen molar-refractivity contribution < 1.29 is 90.1 Å². The van der Waals surface area contributed by atoms with Crippen molar-refractivity contribution >= 4 is 98.0 Å². The fourth-order valence-corrected chi connectivity index (χ4v) is 14.4. The molecule has 0 radical (unpaired) electrons. The number of aliphatic hydroxyl groups is 3. The maximum Gasteiger partial charge on any atom is 0.255 e. The number of β-amino-alcohol motifs (C(OH)–C–C–N with tert-alkyl or cyclic N) is 2. The molecule has 0 spiro atoms. The topological polar surface area (TPSA) is 346 Å². The summed E-state index contributed by atoms with van der Waals surface area (Å²) in [5, 5.41) is 35.7. The molecule has 0 bridgehead atoms. The zero-order valence-electron chi connectivity index (χ0n) is 45.2. The van der Waals surface area contributed by atoms with Gasteiger partial charge in [0.05, 0.1) is 47.7 Å². The zero-order chi connectivity index (χ0) is 64.0. The van der Waals surface area contributed by atoms with Gasteiger partial charge in [-0.05, 0) is 79.2 Å². The predicted octanol–water partition coefficient (Wildman–Crippen LogP) is 5.44. The summed E-state index contributed by atoms with van der Waals surface area (Å²) < 4.78 is 188. The van der Waals surface area contributed by atoms with E-state index in [0.717, 1.165) is 73.6 Å². The highest BCUT2D eigenvalue weighted by molar-refractivity contribution is 7.90. The summed E-state index contributed by atoms with van der Waals surface area (Å²) in [6, 6.07) is 15.9. The summed E-state index contributed by atoms with van der Waals surface area (Å²) in [4.78, 5) is 57.1. The molecule has 3 saturated heterocycles. The third-order valence-corrected chi connectivity index (χ3v) is 19.7. The quantitative estimate of drug-likeness (QED) is 0.0688. The molecular formula is C54H46F8N12O12S3. The lowest BCUT2D eigenvalue weighted by molar-refractivity contribution is 0.0303. The van der Waals surface area contributed by atoms with Gasteiger partial charge < -0.3 is 46.2 Å². The molecule has 6 heterocycles. The number of anilines is 3. The van der Waals surface area contributed by atoms with Gasteiger partial charge in [0.15, 0.2) is 34.9 Å². The summed E-state index contributed by atoms with van der Waals surface area (Å²) >= 11 is 0. The maximum absolute atomic E-state index is 13.9. The van der Waals surface area contributed by atoms with Crippen molar-refractivity contribution in [3.05, 3.63) is 162 Å². The van der Waals surface area contributed by atoms with Crippen LogP contribution in [0.2, 0.25) is 0 Å². The van der Waals surface area contributed by atoms with Crippen molar-refractivity contribution in [2.45, 2.75) is 51.8 Å². The van der Waals surface area contributed by atoms with Crippen LogP contribution in [0.25, 0.3) is 33.1 Å². The molecule has 6 aromatic carbocycles. The molecule has 0 saturated carbocycles. The number of piperidine rings is 1. The summed E-state index contributed by atoms with van der Waals surface area (Å²) in [6.07, 6.45) is -3.18. The minimum Gasteiger partial charge on any atom is -0.390 e. The number of imidazole rings is 3. The molecular weight excluding hydrogens is 1260 g/mol. The maximum atomic E-state index is 13.9. The first kappa shape index (κ1) is 63.2. The Labute approximate surface area is 497 Å². The fraction of sp³-hybridized carbons (Fsp3) is 0.222. The van der Waals surface area contributed by atoms with E-state index in [1.807, 2.05) is 0 Å². The van der Waals surface area contributed by atoms with Crippen molar-refractivity contribution in [3.63, 3.8) is 0 Å². The largest absolute Gasteiger partial charge is 0.390 e. The van der Waals surface area contributed by atoms with Crippen LogP contribution in [0.1, 0.15) is 37.5 Å². The van der Waals surface area contributed by atoms with E-state index in [-0.39, 0.29) is 102 Å². The summed E-state index contributed by atoms with van der Waals surface area (Å²) in [6.45, 7) is -1.66. The van der Waals surface area contributed by atoms with Gasteiger partial charge in [0, 0.05) is 91.2 Å². The monoisotopic (exact) mass is 1300 g/mol. The van der Waals surface area contributed by atoms with Crippen LogP contribution in [0.5, 0.6) is 0 Å². The Morgan fingerprint density at radius 1 is 0.438 bits per heavy atom. The van der Waals surface area contributed by atoms with Crippen molar-refractivity contribution in [2.75, 3.05) is 55.2 Å². The van der Waals surface area contributed by atoms with E-state index in [2.05, 4.69) is 45.9 Å². The Balaban J connectivity index is 0.000000147. The van der Waals surface area contributed by atoms with Gasteiger partial charge in [0.2, 0.25) is 30.1 Å². The van der Waals surface area contributed by atoms with Crippen LogP contribution in [-0.4, -0.2) is 171 Å². The predicted molar refractivity (Wildman–Crippen MR) is 300 cm³/mol. The SMILES string of the molecule is O=C(Nc1ccc(F)c(F)c1)c1cc(S(=O)(=O)N2CC(O)C(F)C2)c2nc[nH]c2c1.O=C(Nc1ccc(F)c(F)c1)c1cc(S(=O)(=O)N2CC(O)C2)c2nc[nH]c2c1.O=C(Nc1ccc(F)c(F)c1)c1cc(S(=O)(=O)N2CCC(O)C(F)C2)c2nc[nH]c2c1. The average Bonchev–Trinajstić information content (AvgIpc) is 1.87. The molecule has 0 aliphatic carbocycles. The Morgan fingerprint density at radius 3 is 1.08 bits per heavy atom. The third-order valence-electron chi connectivity index (χ3n) is 14.1. The van der Waals surface area contributed by atoms with Crippen LogP contribution in [0.3, 0.4) is 0 Å². The molecule has 3 aliphatic rings. The molecule has 89 heavy (non-hydrogen) atoms. The third kappa shape index (κ3) is 13.2. The van der Waals surface area contributed by atoms with Gasteiger partial charge in [-0.3, -0.25) is 14.4 Å². The first-order chi connectivity index (χ1) is 42.1. The van der Waals surface area contributed by atoms with Crippen LogP contribution < -0.4 is 16.0 Å². The van der Waals surface area contributed by atoms with Crippen molar-refractivity contribution in [2.24, 2.45) is 0 Å². The number of amides is 3. The molecule has 35 heteroatoms. The number of carbonyl (C=O) groups excluding carboxylic acids is 3. The standard InChI is InChI=1S/C19H17F3N4O4S.C18H15F3N4O4S.C17H14F2N4O4S/c20-12-2-1-11(7-13(12)21)25-19(28)10-5-15-18(24-9-23-15)17(6-10)31(29,30)26-4-3-16(27)14(22)8-26;19-11-2-1-10(5-12(11)20)24-18(27)9-3-14-17(23-8-22-14)16(4-9)30(28,29)25-6-13(21)15(26)7-25;18-12-2-1-10(5-13(12)19)22-17(25)9-3-14-16(21-8-20-14)15(4-9)28(26,27)23-6-11(24)7-23/h1-2,5-7,9,14,16,27H,3-4,8H2,(H,23,24)(H,25,28);1-5,8,13,15,26H,6-7H2,(H,22,23)(H,24,27);1-5,8,11,24H,6-7H2,(H,20,21)(H,22,25). The summed E-state index contributed by atoms with van der Waals surface area (Å²) in [7, 11) is -12.5. The van der Waals surface area contributed by atoms with Gasteiger partial charge in [-0.15, -0.1) is 0 Å². The number of hydrogen-bond donors (Lipinski definition) is 9. The first-order valence-electron chi connectivity index (χ1n) is 26.1. The molecule has 3 fully saturated rings. The van der Waals surface area contributed by atoms with Crippen LogP contribution >= 0.6 is 0 Å². The second-order valence-electron chi connectivity index (χ2n) is 20.2. The molecule has 24 nitrogen and oxygen atoms in total. The number of aromatic nitrogens is 6. The second kappa shape index (κ2) is 25.0. The lowest BCUT2D eigenvalue weighted by Crippen LogP contribution is -2.53. The number of fused-ring (bicyclic) bond motifs is 3. The smallest absolute Gasteiger partial charge is 0.255 e. The Morgan fingerprint density at radius 2 is 0.764 bits per heavy atom. The van der Waals surface area contributed by atoms with Gasteiger partial charge in [-0.1, -0.05) is 0 Å². The second-order valence-corrected chi connectivity index (χ2v) is 25.9. The van der Waals surface area contributed by atoms with E-state index in [4.69, 9.17) is 0 Å². The number of benzene rings is 6. The molecule has 4 unspecified atom stereocenters. The lowest BCUT2D eigenvalue weighted by Gasteiger charge is -2.34. The number of H-pyrrole nitrogens is 3. The number of alkyl halides is 2. The van der Waals surface area contributed by atoms with E-state index in [1.165, 1.54) is 49.3 Å². The number of carbonyl (C=O) groups is 3. The summed E-state index contributed by atoms with van der Waals surface area (Å²) in [5.74, 6) is -8.91. The van der Waals surface area contributed by atoms with Gasteiger partial charge in [-0.2, -0.15) is 12.9 Å². The molecule has 3 aromatic heterocycles. The van der Waals surface area contributed by atoms with Crippen molar-refractivity contribution in [1.29, 1.82) is 0 Å². The minimum atomic E-state index is -4.28. The molecule has 9 aromatic rings. The Hall–Kier alpha value is -8.81. The Kier molecular flexibility index (Phi) is 17.7. The van der Waals surface area contributed by atoms with Crippen LogP contribution in [0, 0.1) is 34.9 Å². The van der Waals surface area contributed by atoms with E-state index in [9.17, 15) is 90.1 Å². The Bertz CT molecular complexity index is 4600. The number of nitrogens with one attached hydrogen (secondary N) is 6. The first-order valence-corrected chi connectivity index (χ1v) is 30.4. The number of nitrogens with zero attached hydrogens (tertiary/aromatic N) is 6. The number of aliphatic hydroxyl groups excluding tert-OH is 3. The van der Waals surface area contributed by atoms with Crippen LogP contribution in [-0.2, 0) is 30.1 Å². The molecule has 3 amide bonds. The van der Waals surface area contributed by atoms with E-state index >= 15 is 0 Å². The van der Waals surface area contributed by atoms with Gasteiger partial charge in [-0.25, -0.2) is 75.3 Å². The highest BCUT2D eigenvalue weighted by atomic mass is 32.2. The highest BCUT2D eigenvalue weighted by Gasteiger charge is 2.41. The van der Waals surface area contributed by atoms with Gasteiger partial charge in [0.1, 0.15) is 49.7 Å². The number of hydrogen-bond acceptors (Lipinski definition) is 15. The molecule has 3 aliphatic heterocycles. The zero-order valence-corrected chi connectivity index (χ0v) is 47.6. The normalized spacial score (nSPS) is 18.6. The molecule has 9 N–H and O–H groups in total. The number of sulfonamides is 3. The number of rotatable bonds is 12. The van der Waals surface area contributed by atoms with E-state index < -0.39 is 133 Å². The van der Waals surface area contributed by atoms with Gasteiger partial charge in [0.25, 0.3) is 17.7 Å². The molecule has 12 rings (SSSR count). The highest BCUT2D eigenvalue weighted by Crippen LogP contribution is 2.33. The average molecular weight is 1300 g/mol. The number of halogens is 8. The van der Waals surface area contributed by atoms with Crippen molar-refractivity contribution in [3.8, 4) is 0 Å². The fourth-order valence-electron chi connectivity index (χ4n) is 9.39. The minimum absolute atomic E-state index is 0.0128. The van der Waals surface area contributed by atoms with E-state index in [1.54, 1.807) is 0 Å². The summed E-state index contributed by atoms with van der Waals surface area (Å²) in [5.41, 5.74) is 0.795. The van der Waals surface area contributed by atoms with Crippen LogP contribution in [0.15, 0.2) is 125 Å². The molecule has 468 valence electrons.